The lowest BCUT2D eigenvalue weighted by Crippen LogP contribution is -2.51. The van der Waals surface area contributed by atoms with Gasteiger partial charge in [-0.15, -0.1) is 0 Å². The second kappa shape index (κ2) is 8.97. The van der Waals surface area contributed by atoms with Crippen LogP contribution in [0.3, 0.4) is 0 Å². The van der Waals surface area contributed by atoms with Crippen LogP contribution in [0, 0.1) is 0 Å². The summed E-state index contributed by atoms with van der Waals surface area (Å²) >= 11 is 6.06. The Kier molecular flexibility index (Phi) is 6.41. The highest BCUT2D eigenvalue weighted by Crippen LogP contribution is 2.20. The van der Waals surface area contributed by atoms with E-state index in [4.69, 9.17) is 11.6 Å². The molecule has 0 bridgehead atoms. The van der Waals surface area contributed by atoms with Gasteiger partial charge in [-0.2, -0.15) is 0 Å². The summed E-state index contributed by atoms with van der Waals surface area (Å²) in [5.74, 6) is -0.308. The predicted octanol–water partition coefficient (Wildman–Crippen LogP) is 2.48. The van der Waals surface area contributed by atoms with Crippen molar-refractivity contribution in [2.45, 2.75) is 0 Å². The molecule has 148 valence electrons. The van der Waals surface area contributed by atoms with Gasteiger partial charge in [-0.05, 0) is 36.4 Å². The molecule has 1 aliphatic heterocycles. The minimum absolute atomic E-state index is 0.00217. The third-order valence-electron chi connectivity index (χ3n) is 4.83. The third kappa shape index (κ3) is 4.95. The lowest BCUT2D eigenvalue weighted by atomic mass is 10.2. The maximum atomic E-state index is 12.5. The Morgan fingerprint density at radius 2 is 1.75 bits per heavy atom. The molecule has 0 saturated carbocycles. The van der Waals surface area contributed by atoms with Gasteiger partial charge in [0.25, 0.3) is 5.91 Å². The SMILES string of the molecule is CN(C)c1cccc(C(=O)NCC(=O)N2CCN(c3cccc(Cl)c3)CC2)c1. The molecule has 28 heavy (non-hydrogen) atoms. The molecule has 2 aromatic rings. The molecular weight excluding hydrogens is 376 g/mol. The van der Waals surface area contributed by atoms with Crippen molar-refractivity contribution in [3.63, 3.8) is 0 Å². The summed E-state index contributed by atoms with van der Waals surface area (Å²) < 4.78 is 0. The Bertz CT molecular complexity index is 848. The topological polar surface area (TPSA) is 55.9 Å². The summed E-state index contributed by atoms with van der Waals surface area (Å²) in [6, 6.07) is 15.0. The van der Waals surface area contributed by atoms with Gasteiger partial charge in [0.2, 0.25) is 5.91 Å². The van der Waals surface area contributed by atoms with E-state index in [0.29, 0.717) is 23.7 Å². The first-order chi connectivity index (χ1) is 13.4. The highest BCUT2D eigenvalue weighted by atomic mass is 35.5. The van der Waals surface area contributed by atoms with E-state index in [1.54, 1.807) is 11.0 Å². The van der Waals surface area contributed by atoms with Crippen LogP contribution in [0.1, 0.15) is 10.4 Å². The van der Waals surface area contributed by atoms with E-state index in [9.17, 15) is 9.59 Å². The molecule has 3 rings (SSSR count). The van der Waals surface area contributed by atoms with E-state index in [1.807, 2.05) is 61.5 Å². The summed E-state index contributed by atoms with van der Waals surface area (Å²) in [5, 5.41) is 3.44. The van der Waals surface area contributed by atoms with Gasteiger partial charge in [-0.1, -0.05) is 23.7 Å². The summed E-state index contributed by atoms with van der Waals surface area (Å²) in [6.07, 6.45) is 0. The third-order valence-corrected chi connectivity index (χ3v) is 5.07. The Morgan fingerprint density at radius 3 is 2.43 bits per heavy atom. The minimum atomic E-state index is -0.241. The van der Waals surface area contributed by atoms with Gasteiger partial charge in [0.05, 0.1) is 6.54 Å². The largest absolute Gasteiger partial charge is 0.378 e. The first kappa shape index (κ1) is 20.0. The molecule has 6 nitrogen and oxygen atoms in total. The van der Waals surface area contributed by atoms with E-state index in [2.05, 4.69) is 10.2 Å². The van der Waals surface area contributed by atoms with Crippen LogP contribution in [0.4, 0.5) is 11.4 Å². The number of anilines is 2. The van der Waals surface area contributed by atoms with Gasteiger partial charge in [0.15, 0.2) is 0 Å². The number of piperazine rings is 1. The molecule has 0 atom stereocenters. The zero-order chi connectivity index (χ0) is 20.1. The number of halogens is 1. The number of nitrogens with zero attached hydrogens (tertiary/aromatic N) is 3. The fourth-order valence-electron chi connectivity index (χ4n) is 3.18. The monoisotopic (exact) mass is 400 g/mol. The second-order valence-electron chi connectivity index (χ2n) is 6.98. The van der Waals surface area contributed by atoms with Crippen molar-refractivity contribution < 1.29 is 9.59 Å². The van der Waals surface area contributed by atoms with Gasteiger partial charge in [-0.3, -0.25) is 9.59 Å². The Labute approximate surface area is 170 Å². The van der Waals surface area contributed by atoms with Crippen LogP contribution < -0.4 is 15.1 Å². The average Bonchev–Trinajstić information content (AvgIpc) is 2.72. The summed E-state index contributed by atoms with van der Waals surface area (Å²) in [5.41, 5.74) is 2.55. The fraction of sp³-hybridized carbons (Fsp3) is 0.333. The quantitative estimate of drug-likeness (QED) is 0.837. The maximum Gasteiger partial charge on any atom is 0.251 e. The Hall–Kier alpha value is -2.73. The molecule has 0 radical (unpaired) electrons. The molecule has 1 fully saturated rings. The second-order valence-corrected chi connectivity index (χ2v) is 7.41. The van der Waals surface area contributed by atoms with Crippen LogP contribution in [0.5, 0.6) is 0 Å². The molecule has 2 aromatic carbocycles. The lowest BCUT2D eigenvalue weighted by molar-refractivity contribution is -0.130. The normalized spacial score (nSPS) is 14.0. The molecule has 0 aromatic heterocycles. The first-order valence-corrected chi connectivity index (χ1v) is 9.66. The summed E-state index contributed by atoms with van der Waals surface area (Å²) in [6.45, 7) is 2.73. The molecule has 1 saturated heterocycles. The molecule has 0 unspecified atom stereocenters. The van der Waals surface area contributed by atoms with Crippen molar-refractivity contribution in [3.05, 3.63) is 59.1 Å². The molecular formula is C21H25ClN4O2. The van der Waals surface area contributed by atoms with Gasteiger partial charge in [0, 0.05) is 62.2 Å². The van der Waals surface area contributed by atoms with E-state index in [-0.39, 0.29) is 18.4 Å². The van der Waals surface area contributed by atoms with Crippen LogP contribution in [0.2, 0.25) is 5.02 Å². The molecule has 2 amide bonds. The predicted molar refractivity (Wildman–Crippen MR) is 113 cm³/mol. The van der Waals surface area contributed by atoms with Crippen LogP contribution in [0.15, 0.2) is 48.5 Å². The number of hydrogen-bond acceptors (Lipinski definition) is 4. The summed E-state index contributed by atoms with van der Waals surface area (Å²) in [7, 11) is 3.84. The number of carbonyl (C=O) groups excluding carboxylic acids is 2. The number of carbonyl (C=O) groups is 2. The Balaban J connectivity index is 1.49. The number of benzene rings is 2. The fourth-order valence-corrected chi connectivity index (χ4v) is 3.37. The minimum Gasteiger partial charge on any atom is -0.378 e. The highest BCUT2D eigenvalue weighted by molar-refractivity contribution is 6.30. The molecule has 0 spiro atoms. The van der Waals surface area contributed by atoms with Crippen molar-refractivity contribution >= 4 is 34.8 Å². The van der Waals surface area contributed by atoms with Crippen molar-refractivity contribution in [2.24, 2.45) is 0 Å². The zero-order valence-electron chi connectivity index (χ0n) is 16.2. The molecule has 1 N–H and O–H groups in total. The van der Waals surface area contributed by atoms with E-state index in [1.165, 1.54) is 0 Å². The molecule has 1 heterocycles. The van der Waals surface area contributed by atoms with Crippen LogP contribution in [-0.4, -0.2) is 63.5 Å². The highest BCUT2D eigenvalue weighted by Gasteiger charge is 2.22. The number of nitrogens with one attached hydrogen (secondary N) is 1. The van der Waals surface area contributed by atoms with Crippen molar-refractivity contribution in [2.75, 3.05) is 56.6 Å². The van der Waals surface area contributed by atoms with Crippen LogP contribution in [-0.2, 0) is 4.79 Å². The smallest absolute Gasteiger partial charge is 0.251 e. The summed E-state index contributed by atoms with van der Waals surface area (Å²) in [4.78, 5) is 30.8. The molecule has 0 aliphatic carbocycles. The number of rotatable bonds is 5. The Morgan fingerprint density at radius 1 is 1.04 bits per heavy atom. The van der Waals surface area contributed by atoms with Gasteiger partial charge in [-0.25, -0.2) is 0 Å². The van der Waals surface area contributed by atoms with E-state index < -0.39 is 0 Å². The van der Waals surface area contributed by atoms with Crippen molar-refractivity contribution in [1.82, 2.24) is 10.2 Å². The van der Waals surface area contributed by atoms with E-state index >= 15 is 0 Å². The zero-order valence-corrected chi connectivity index (χ0v) is 16.9. The standard InChI is InChI=1S/C21H25ClN4O2/c1-24(2)18-7-3-5-16(13-18)21(28)23-15-20(27)26-11-9-25(10-12-26)19-8-4-6-17(22)14-19/h3-8,13-14H,9-12,15H2,1-2H3,(H,23,28). The lowest BCUT2D eigenvalue weighted by Gasteiger charge is -2.36. The van der Waals surface area contributed by atoms with Crippen LogP contribution in [0.25, 0.3) is 0 Å². The number of hydrogen-bond donors (Lipinski definition) is 1. The van der Waals surface area contributed by atoms with Gasteiger partial charge >= 0.3 is 0 Å². The number of amides is 2. The molecule has 1 aliphatic rings. The first-order valence-electron chi connectivity index (χ1n) is 9.28. The average molecular weight is 401 g/mol. The van der Waals surface area contributed by atoms with Gasteiger partial charge < -0.3 is 20.0 Å². The van der Waals surface area contributed by atoms with E-state index in [0.717, 1.165) is 24.5 Å². The van der Waals surface area contributed by atoms with Crippen molar-refractivity contribution in [1.29, 1.82) is 0 Å². The maximum absolute atomic E-state index is 12.5. The molecule has 7 heteroatoms. The van der Waals surface area contributed by atoms with Crippen molar-refractivity contribution in [3.8, 4) is 0 Å². The van der Waals surface area contributed by atoms with Crippen LogP contribution >= 0.6 is 11.6 Å². The van der Waals surface area contributed by atoms with Gasteiger partial charge in [0.1, 0.15) is 0 Å².